The van der Waals surface area contributed by atoms with E-state index in [-0.39, 0.29) is 17.6 Å². The molecule has 3 fully saturated rings. The van der Waals surface area contributed by atoms with Gasteiger partial charge in [0, 0.05) is 25.2 Å². The van der Waals surface area contributed by atoms with Crippen LogP contribution in [0.4, 0.5) is 20.6 Å². The number of nitrogens with one attached hydrogen (secondary N) is 2. The lowest BCUT2D eigenvalue weighted by Gasteiger charge is -2.21. The van der Waals surface area contributed by atoms with Crippen LogP contribution in [0.3, 0.4) is 0 Å². The highest BCUT2D eigenvalue weighted by Gasteiger charge is 2.40. The molecule has 2 aliphatic carbocycles. The van der Waals surface area contributed by atoms with Crippen molar-refractivity contribution in [2.24, 2.45) is 17.8 Å². The molecule has 6 heteroatoms. The Morgan fingerprint density at radius 1 is 1.33 bits per heavy atom. The molecule has 0 spiro atoms. The van der Waals surface area contributed by atoms with Gasteiger partial charge in [0.1, 0.15) is 5.82 Å². The maximum absolute atomic E-state index is 14.0. The van der Waals surface area contributed by atoms with Crippen LogP contribution in [-0.2, 0) is 4.79 Å². The summed E-state index contributed by atoms with van der Waals surface area (Å²) in [6.07, 6.45) is 5.39. The predicted molar refractivity (Wildman–Crippen MR) is 89.3 cm³/mol. The molecule has 3 atom stereocenters. The first-order chi connectivity index (χ1) is 11.6. The molecule has 1 aliphatic heterocycles. The highest BCUT2D eigenvalue weighted by atomic mass is 19.1. The zero-order valence-electron chi connectivity index (χ0n) is 13.6. The lowest BCUT2D eigenvalue weighted by atomic mass is 9.86. The number of nitrogens with zero attached hydrogens (tertiary/aromatic N) is 1. The molecule has 3 aliphatic rings. The monoisotopic (exact) mass is 331 g/mol. The van der Waals surface area contributed by atoms with E-state index in [1.807, 2.05) is 0 Å². The number of carbonyl (C=O) groups is 2. The van der Waals surface area contributed by atoms with Crippen molar-refractivity contribution >= 4 is 23.3 Å². The van der Waals surface area contributed by atoms with Gasteiger partial charge in [0.05, 0.1) is 5.69 Å². The Morgan fingerprint density at radius 3 is 2.88 bits per heavy atom. The number of halogens is 1. The standard InChI is InChI=1S/C18H22FN3O2/c19-15-4-3-14(22-6-5-20-18(22)24)10-16(15)21-17(23)9-13-8-11-1-2-12(13)7-11/h3-4,10-13H,1-2,5-9H2,(H,20,24)(H,21,23). The minimum atomic E-state index is -0.473. The van der Waals surface area contributed by atoms with Crippen LogP contribution in [0.15, 0.2) is 18.2 Å². The molecule has 4 rings (SSSR count). The summed E-state index contributed by atoms with van der Waals surface area (Å²) in [5.41, 5.74) is 0.752. The molecular formula is C18H22FN3O2. The molecule has 128 valence electrons. The third-order valence-electron chi connectivity index (χ3n) is 5.72. The average molecular weight is 331 g/mol. The Morgan fingerprint density at radius 2 is 2.21 bits per heavy atom. The van der Waals surface area contributed by atoms with Crippen molar-refractivity contribution in [2.45, 2.75) is 32.1 Å². The molecule has 3 amide bonds. The zero-order valence-corrected chi connectivity index (χ0v) is 13.6. The van der Waals surface area contributed by atoms with Crippen molar-refractivity contribution in [1.82, 2.24) is 5.32 Å². The van der Waals surface area contributed by atoms with Crippen molar-refractivity contribution in [3.8, 4) is 0 Å². The fourth-order valence-electron chi connectivity index (χ4n) is 4.56. The van der Waals surface area contributed by atoms with E-state index < -0.39 is 5.82 Å². The van der Waals surface area contributed by atoms with Crippen molar-refractivity contribution in [3.63, 3.8) is 0 Å². The summed E-state index contributed by atoms with van der Waals surface area (Å²) >= 11 is 0. The molecular weight excluding hydrogens is 309 g/mol. The second-order valence-electron chi connectivity index (χ2n) is 7.23. The highest BCUT2D eigenvalue weighted by molar-refractivity contribution is 5.96. The molecule has 1 aromatic rings. The van der Waals surface area contributed by atoms with Gasteiger partial charge in [-0.25, -0.2) is 9.18 Å². The third kappa shape index (κ3) is 2.85. The molecule has 2 bridgehead atoms. The minimum absolute atomic E-state index is 0.130. The smallest absolute Gasteiger partial charge is 0.321 e. The average Bonchev–Trinajstić information content (AvgIpc) is 3.26. The first kappa shape index (κ1) is 15.4. The lowest BCUT2D eigenvalue weighted by Crippen LogP contribution is -2.28. The van der Waals surface area contributed by atoms with Gasteiger partial charge in [-0.2, -0.15) is 0 Å². The number of rotatable bonds is 4. The lowest BCUT2D eigenvalue weighted by molar-refractivity contribution is -0.117. The van der Waals surface area contributed by atoms with Crippen LogP contribution in [0.5, 0.6) is 0 Å². The van der Waals surface area contributed by atoms with E-state index in [2.05, 4.69) is 10.6 Å². The molecule has 0 radical (unpaired) electrons. The summed E-state index contributed by atoms with van der Waals surface area (Å²) in [4.78, 5) is 25.6. The van der Waals surface area contributed by atoms with E-state index in [4.69, 9.17) is 0 Å². The Bertz CT molecular complexity index is 678. The van der Waals surface area contributed by atoms with Gasteiger partial charge < -0.3 is 10.6 Å². The maximum atomic E-state index is 14.0. The summed E-state index contributed by atoms with van der Waals surface area (Å²) in [5.74, 6) is 1.31. The summed E-state index contributed by atoms with van der Waals surface area (Å²) in [7, 11) is 0. The van der Waals surface area contributed by atoms with Crippen LogP contribution in [0, 0.1) is 23.6 Å². The maximum Gasteiger partial charge on any atom is 0.321 e. The van der Waals surface area contributed by atoms with E-state index in [9.17, 15) is 14.0 Å². The molecule has 2 saturated carbocycles. The van der Waals surface area contributed by atoms with Crippen molar-refractivity contribution in [3.05, 3.63) is 24.0 Å². The van der Waals surface area contributed by atoms with Gasteiger partial charge in [0.15, 0.2) is 0 Å². The Labute approximate surface area is 140 Å². The number of hydrogen-bond acceptors (Lipinski definition) is 2. The first-order valence-electron chi connectivity index (χ1n) is 8.75. The predicted octanol–water partition coefficient (Wildman–Crippen LogP) is 3.12. The van der Waals surface area contributed by atoms with Gasteiger partial charge >= 0.3 is 6.03 Å². The first-order valence-corrected chi connectivity index (χ1v) is 8.75. The number of urea groups is 1. The van der Waals surface area contributed by atoms with E-state index in [0.29, 0.717) is 37.0 Å². The van der Waals surface area contributed by atoms with E-state index >= 15 is 0 Å². The molecule has 5 nitrogen and oxygen atoms in total. The Balaban J connectivity index is 1.43. The highest BCUT2D eigenvalue weighted by Crippen LogP contribution is 2.49. The Hall–Kier alpha value is -2.11. The van der Waals surface area contributed by atoms with E-state index in [0.717, 1.165) is 12.3 Å². The van der Waals surface area contributed by atoms with Crippen molar-refractivity contribution in [1.29, 1.82) is 0 Å². The molecule has 1 aromatic carbocycles. The molecule has 1 heterocycles. The van der Waals surface area contributed by atoms with Gasteiger partial charge in [-0.3, -0.25) is 9.69 Å². The van der Waals surface area contributed by atoms with Crippen LogP contribution in [-0.4, -0.2) is 25.0 Å². The topological polar surface area (TPSA) is 61.4 Å². The van der Waals surface area contributed by atoms with Gasteiger partial charge in [0.25, 0.3) is 0 Å². The number of carbonyl (C=O) groups excluding carboxylic acids is 2. The molecule has 3 unspecified atom stereocenters. The second kappa shape index (κ2) is 6.07. The minimum Gasteiger partial charge on any atom is -0.336 e. The molecule has 24 heavy (non-hydrogen) atoms. The summed E-state index contributed by atoms with van der Waals surface area (Å²) in [5, 5.41) is 5.42. The summed E-state index contributed by atoms with van der Waals surface area (Å²) in [6, 6.07) is 4.21. The summed E-state index contributed by atoms with van der Waals surface area (Å²) < 4.78 is 14.0. The van der Waals surface area contributed by atoms with Crippen molar-refractivity contribution < 1.29 is 14.0 Å². The number of hydrogen-bond donors (Lipinski definition) is 2. The third-order valence-corrected chi connectivity index (χ3v) is 5.72. The van der Waals surface area contributed by atoms with Crippen LogP contribution in [0.25, 0.3) is 0 Å². The molecule has 1 saturated heterocycles. The number of amides is 3. The van der Waals surface area contributed by atoms with Crippen LogP contribution >= 0.6 is 0 Å². The van der Waals surface area contributed by atoms with Crippen LogP contribution in [0.1, 0.15) is 32.1 Å². The van der Waals surface area contributed by atoms with Crippen molar-refractivity contribution in [2.75, 3.05) is 23.3 Å². The zero-order chi connectivity index (χ0) is 16.7. The molecule has 2 N–H and O–H groups in total. The van der Waals surface area contributed by atoms with Gasteiger partial charge in [-0.1, -0.05) is 6.42 Å². The van der Waals surface area contributed by atoms with Crippen LogP contribution in [0.2, 0.25) is 0 Å². The number of anilines is 2. The van der Waals surface area contributed by atoms with Crippen LogP contribution < -0.4 is 15.5 Å². The number of benzene rings is 1. The fraction of sp³-hybridized carbons (Fsp3) is 0.556. The normalized spacial score (nSPS) is 28.3. The number of fused-ring (bicyclic) bond motifs is 2. The van der Waals surface area contributed by atoms with Gasteiger partial charge in [-0.05, 0) is 55.2 Å². The SMILES string of the molecule is O=C(CC1CC2CCC1C2)Nc1cc(N2CCNC2=O)ccc1F. The fourth-order valence-corrected chi connectivity index (χ4v) is 4.56. The Kier molecular flexibility index (Phi) is 3.90. The van der Waals surface area contributed by atoms with Gasteiger partial charge in [-0.15, -0.1) is 0 Å². The van der Waals surface area contributed by atoms with Gasteiger partial charge in [0.2, 0.25) is 5.91 Å². The molecule has 0 aromatic heterocycles. The second-order valence-corrected chi connectivity index (χ2v) is 7.23. The summed E-state index contributed by atoms with van der Waals surface area (Å²) in [6.45, 7) is 1.12. The largest absolute Gasteiger partial charge is 0.336 e. The van der Waals surface area contributed by atoms with E-state index in [1.54, 1.807) is 17.0 Å². The van der Waals surface area contributed by atoms with E-state index in [1.165, 1.54) is 25.3 Å². The quantitative estimate of drug-likeness (QED) is 0.890.